The molecule has 3 aromatic rings. The first-order chi connectivity index (χ1) is 15.5. The van der Waals surface area contributed by atoms with Crippen LogP contribution in [0.1, 0.15) is 42.4 Å². The predicted octanol–water partition coefficient (Wildman–Crippen LogP) is 4.27. The molecule has 0 saturated heterocycles. The summed E-state index contributed by atoms with van der Waals surface area (Å²) < 4.78 is 11.1. The average Bonchev–Trinajstić information content (AvgIpc) is 2.96. The van der Waals surface area contributed by atoms with Gasteiger partial charge in [-0.15, -0.1) is 10.2 Å². The second-order valence-corrected chi connectivity index (χ2v) is 8.15. The van der Waals surface area contributed by atoms with E-state index in [2.05, 4.69) is 22.1 Å². The number of ether oxygens (including phenoxy) is 2. The van der Waals surface area contributed by atoms with Gasteiger partial charge in [0.1, 0.15) is 0 Å². The van der Waals surface area contributed by atoms with Crippen LogP contribution < -0.4 is 9.64 Å². The molecule has 0 unspecified atom stereocenters. The molecule has 32 heavy (non-hydrogen) atoms. The van der Waals surface area contributed by atoms with Crippen LogP contribution in [-0.4, -0.2) is 39.9 Å². The molecule has 0 fully saturated rings. The molecule has 0 N–H and O–H groups in total. The number of hydrogen-bond acceptors (Lipinski definition) is 8. The fourth-order valence-corrected chi connectivity index (χ4v) is 4.06. The van der Waals surface area contributed by atoms with E-state index >= 15 is 0 Å². The summed E-state index contributed by atoms with van der Waals surface area (Å²) >= 11 is 1.50. The van der Waals surface area contributed by atoms with E-state index in [1.165, 1.54) is 25.8 Å². The van der Waals surface area contributed by atoms with Crippen molar-refractivity contribution in [3.8, 4) is 17.1 Å². The zero-order chi connectivity index (χ0) is 22.7. The normalized spacial score (nSPS) is 14.6. The van der Waals surface area contributed by atoms with Gasteiger partial charge in [-0.05, 0) is 24.6 Å². The third kappa shape index (κ3) is 4.16. The zero-order valence-electron chi connectivity index (χ0n) is 17.9. The highest BCUT2D eigenvalue weighted by Crippen LogP contribution is 2.43. The number of nitrogens with zero attached hydrogens (tertiary/aromatic N) is 4. The summed E-state index contributed by atoms with van der Waals surface area (Å²) in [6, 6.07) is 14.2. The van der Waals surface area contributed by atoms with E-state index in [1.807, 2.05) is 24.3 Å². The number of aromatic nitrogens is 3. The summed E-state index contributed by atoms with van der Waals surface area (Å²) in [6.45, 7) is 3.56. The molecule has 0 saturated carbocycles. The molecule has 9 heteroatoms. The molecule has 164 valence electrons. The number of para-hydroxylation sites is 1. The number of rotatable bonds is 5. The number of methoxy groups -OCH3 is 1. The molecule has 0 spiro atoms. The second kappa shape index (κ2) is 9.35. The Labute approximate surface area is 190 Å². The van der Waals surface area contributed by atoms with Crippen molar-refractivity contribution in [1.82, 2.24) is 15.2 Å². The van der Waals surface area contributed by atoms with Crippen LogP contribution in [0.4, 0.5) is 5.69 Å². The molecule has 4 rings (SSSR count). The Bertz CT molecular complexity index is 1150. The highest BCUT2D eigenvalue weighted by molar-refractivity contribution is 7.99. The van der Waals surface area contributed by atoms with Gasteiger partial charge in [-0.2, -0.15) is 4.98 Å². The number of carbonyl (C=O) groups is 2. The lowest BCUT2D eigenvalue weighted by Gasteiger charge is -2.29. The molecule has 2 aromatic carbocycles. The molecule has 8 nitrogen and oxygen atoms in total. The summed E-state index contributed by atoms with van der Waals surface area (Å²) in [6.07, 6.45) is 0.171. The van der Waals surface area contributed by atoms with Gasteiger partial charge >= 0.3 is 5.97 Å². The molecule has 1 aliphatic heterocycles. The fraction of sp³-hybridized carbons (Fsp3) is 0.261. The highest BCUT2D eigenvalue weighted by Gasteiger charge is 2.34. The van der Waals surface area contributed by atoms with E-state index < -0.39 is 12.2 Å². The number of carbonyl (C=O) groups excluding carboxylic acids is 2. The number of thioether (sulfide) groups is 1. The van der Waals surface area contributed by atoms with Gasteiger partial charge in [-0.3, -0.25) is 9.69 Å². The Morgan fingerprint density at radius 3 is 2.56 bits per heavy atom. The average molecular weight is 451 g/mol. The standard InChI is InChI=1S/C23H22N4O4S/c1-4-13-32-23-24-20-19(25-26-23)17-7-5-6-8-18(17)27(14(2)28)21(31-20)15-9-11-16(12-10-15)22(29)30-3/h5-12,21H,4,13H2,1-3H3/t21-/m0/s1. The molecule has 0 radical (unpaired) electrons. The number of anilines is 1. The van der Waals surface area contributed by atoms with Gasteiger partial charge in [0.25, 0.3) is 0 Å². The molecule has 0 bridgehead atoms. The topological polar surface area (TPSA) is 94.5 Å². The van der Waals surface area contributed by atoms with Crippen molar-refractivity contribution in [2.75, 3.05) is 17.8 Å². The van der Waals surface area contributed by atoms with Gasteiger partial charge in [-0.25, -0.2) is 4.79 Å². The van der Waals surface area contributed by atoms with Crippen LogP contribution >= 0.6 is 11.8 Å². The molecule has 1 aliphatic rings. The summed E-state index contributed by atoms with van der Waals surface area (Å²) in [5, 5.41) is 9.14. The largest absolute Gasteiger partial charge is 0.465 e. The molecule has 1 aromatic heterocycles. The smallest absolute Gasteiger partial charge is 0.337 e. The van der Waals surface area contributed by atoms with Gasteiger partial charge in [0.05, 0.1) is 18.4 Å². The molecule has 0 aliphatic carbocycles. The molecule has 1 atom stereocenters. The van der Waals surface area contributed by atoms with E-state index in [4.69, 9.17) is 9.47 Å². The minimum absolute atomic E-state index is 0.208. The summed E-state index contributed by atoms with van der Waals surface area (Å²) in [5.41, 5.74) is 2.91. The third-order valence-corrected chi connectivity index (χ3v) is 5.95. The SMILES string of the molecule is CCCSc1nnc2c(n1)O[C@@H](c1ccc(C(=O)OC)cc1)N(C(C)=O)c1ccccc1-2. The zero-order valence-corrected chi connectivity index (χ0v) is 18.8. The van der Waals surface area contributed by atoms with E-state index in [0.29, 0.717) is 39.1 Å². The Kier molecular flexibility index (Phi) is 6.36. The van der Waals surface area contributed by atoms with Crippen LogP contribution in [0.3, 0.4) is 0 Å². The Morgan fingerprint density at radius 2 is 1.88 bits per heavy atom. The number of esters is 1. The van der Waals surface area contributed by atoms with Crippen molar-refractivity contribution in [3.05, 3.63) is 59.7 Å². The number of hydrogen-bond donors (Lipinski definition) is 0. The van der Waals surface area contributed by atoms with Crippen LogP contribution in [0.5, 0.6) is 5.88 Å². The number of fused-ring (bicyclic) bond motifs is 3. The van der Waals surface area contributed by atoms with Gasteiger partial charge in [-0.1, -0.05) is 49.0 Å². The van der Waals surface area contributed by atoms with Crippen LogP contribution in [0.2, 0.25) is 0 Å². The van der Waals surface area contributed by atoms with Crippen molar-refractivity contribution >= 4 is 29.3 Å². The van der Waals surface area contributed by atoms with Gasteiger partial charge < -0.3 is 9.47 Å². The molecule has 2 heterocycles. The van der Waals surface area contributed by atoms with Crippen LogP contribution in [-0.2, 0) is 9.53 Å². The van der Waals surface area contributed by atoms with Crippen molar-refractivity contribution in [2.45, 2.75) is 31.7 Å². The lowest BCUT2D eigenvalue weighted by molar-refractivity contribution is -0.118. The van der Waals surface area contributed by atoms with Crippen molar-refractivity contribution in [1.29, 1.82) is 0 Å². The first-order valence-electron chi connectivity index (χ1n) is 10.1. The lowest BCUT2D eigenvalue weighted by Crippen LogP contribution is -2.36. The van der Waals surface area contributed by atoms with Crippen molar-refractivity contribution in [3.63, 3.8) is 0 Å². The molecular weight excluding hydrogens is 428 g/mol. The maximum atomic E-state index is 12.8. The van der Waals surface area contributed by atoms with Crippen LogP contribution in [0.15, 0.2) is 53.7 Å². The quantitative estimate of drug-likeness (QED) is 0.420. The Morgan fingerprint density at radius 1 is 1.12 bits per heavy atom. The second-order valence-electron chi connectivity index (χ2n) is 7.09. The first-order valence-corrected chi connectivity index (χ1v) is 11.1. The van der Waals surface area contributed by atoms with Crippen molar-refractivity contribution < 1.29 is 19.1 Å². The first kappa shape index (κ1) is 21.8. The lowest BCUT2D eigenvalue weighted by atomic mass is 10.1. The Hall–Kier alpha value is -3.46. The molecule has 1 amide bonds. The minimum atomic E-state index is -0.803. The third-order valence-electron chi connectivity index (χ3n) is 4.90. The molecular formula is C23H22N4O4S. The van der Waals surface area contributed by atoms with E-state index in [9.17, 15) is 9.59 Å². The minimum Gasteiger partial charge on any atom is -0.465 e. The summed E-state index contributed by atoms with van der Waals surface area (Å²) in [4.78, 5) is 30.8. The van der Waals surface area contributed by atoms with Gasteiger partial charge in [0.15, 0.2) is 5.69 Å². The Balaban J connectivity index is 1.85. The van der Waals surface area contributed by atoms with E-state index in [0.717, 1.165) is 12.2 Å². The maximum absolute atomic E-state index is 12.8. The fourth-order valence-electron chi connectivity index (χ4n) is 3.43. The number of amides is 1. The van der Waals surface area contributed by atoms with Gasteiger partial charge in [0.2, 0.25) is 23.2 Å². The summed E-state index contributed by atoms with van der Waals surface area (Å²) in [5.74, 6) is 0.513. The van der Waals surface area contributed by atoms with Crippen molar-refractivity contribution in [2.24, 2.45) is 0 Å². The maximum Gasteiger partial charge on any atom is 0.337 e. The summed E-state index contributed by atoms with van der Waals surface area (Å²) in [7, 11) is 1.33. The monoisotopic (exact) mass is 450 g/mol. The number of benzene rings is 2. The van der Waals surface area contributed by atoms with E-state index in [1.54, 1.807) is 29.2 Å². The highest BCUT2D eigenvalue weighted by atomic mass is 32.2. The van der Waals surface area contributed by atoms with Crippen LogP contribution in [0.25, 0.3) is 11.3 Å². The predicted molar refractivity (Wildman–Crippen MR) is 121 cm³/mol. The van der Waals surface area contributed by atoms with Gasteiger partial charge in [0, 0.05) is 23.8 Å². The van der Waals surface area contributed by atoms with E-state index in [-0.39, 0.29) is 5.91 Å². The van der Waals surface area contributed by atoms with Crippen LogP contribution in [0, 0.1) is 0 Å².